The molecule has 0 bridgehead atoms. The second-order valence-electron chi connectivity index (χ2n) is 5.23. The van der Waals surface area contributed by atoms with E-state index >= 15 is 0 Å². The number of nitrogens with zero attached hydrogens (tertiary/aromatic N) is 1. The van der Waals surface area contributed by atoms with Crippen molar-refractivity contribution in [3.05, 3.63) is 35.1 Å². The fraction of sp³-hybridized carbons (Fsp3) is 0.562. The summed E-state index contributed by atoms with van der Waals surface area (Å²) < 4.78 is 19.8. The monoisotopic (exact) mass is 296 g/mol. The standard InChI is InChI=1S/C16H25FN2O2/c1-3-4-5-6-8-12(2)21-11-13-9-7-10-14(15(13)17)16(18)19-20/h7,9-10,12,20H,3-6,8,11H2,1-2H3,(H2,18,19). The maximum atomic E-state index is 14.2. The van der Waals surface area contributed by atoms with E-state index in [9.17, 15) is 4.39 Å². The quantitative estimate of drug-likeness (QED) is 0.239. The molecule has 0 fully saturated rings. The van der Waals surface area contributed by atoms with Gasteiger partial charge in [0.25, 0.3) is 0 Å². The molecule has 4 nitrogen and oxygen atoms in total. The molecule has 0 aliphatic carbocycles. The van der Waals surface area contributed by atoms with Gasteiger partial charge in [0.2, 0.25) is 0 Å². The number of oxime groups is 1. The zero-order valence-corrected chi connectivity index (χ0v) is 12.8. The molecule has 0 saturated carbocycles. The van der Waals surface area contributed by atoms with E-state index in [1.54, 1.807) is 12.1 Å². The first-order valence-electron chi connectivity index (χ1n) is 7.47. The van der Waals surface area contributed by atoms with E-state index in [0.29, 0.717) is 5.56 Å². The SMILES string of the molecule is CCCCCCC(C)OCc1cccc(/C(N)=N/O)c1F. The van der Waals surface area contributed by atoms with E-state index in [2.05, 4.69) is 12.1 Å². The molecule has 0 radical (unpaired) electrons. The zero-order valence-electron chi connectivity index (χ0n) is 12.8. The van der Waals surface area contributed by atoms with Crippen molar-refractivity contribution < 1.29 is 14.3 Å². The first kappa shape index (κ1) is 17.4. The summed E-state index contributed by atoms with van der Waals surface area (Å²) in [5, 5.41) is 11.5. The molecular formula is C16H25FN2O2. The Hall–Kier alpha value is -1.62. The topological polar surface area (TPSA) is 67.8 Å². The van der Waals surface area contributed by atoms with Crippen molar-refractivity contribution in [1.29, 1.82) is 0 Å². The number of unbranched alkanes of at least 4 members (excludes halogenated alkanes) is 3. The summed E-state index contributed by atoms with van der Waals surface area (Å²) >= 11 is 0. The zero-order chi connectivity index (χ0) is 15.7. The van der Waals surface area contributed by atoms with E-state index < -0.39 is 5.82 Å². The fourth-order valence-corrected chi connectivity index (χ4v) is 2.12. The smallest absolute Gasteiger partial charge is 0.173 e. The number of amidine groups is 1. The summed E-state index contributed by atoms with van der Waals surface area (Å²) in [4.78, 5) is 0. The highest BCUT2D eigenvalue weighted by molar-refractivity contribution is 5.97. The van der Waals surface area contributed by atoms with E-state index in [-0.39, 0.29) is 24.1 Å². The second-order valence-corrected chi connectivity index (χ2v) is 5.23. The van der Waals surface area contributed by atoms with Crippen LogP contribution in [0, 0.1) is 5.82 Å². The maximum Gasteiger partial charge on any atom is 0.173 e. The third-order valence-electron chi connectivity index (χ3n) is 3.45. The van der Waals surface area contributed by atoms with Gasteiger partial charge >= 0.3 is 0 Å². The Kier molecular flexibility index (Phi) is 7.75. The van der Waals surface area contributed by atoms with Crippen molar-refractivity contribution in [1.82, 2.24) is 0 Å². The van der Waals surface area contributed by atoms with Crippen LogP contribution in [0.15, 0.2) is 23.4 Å². The van der Waals surface area contributed by atoms with Gasteiger partial charge in [0, 0.05) is 5.56 Å². The Bertz CT molecular complexity index is 464. The highest BCUT2D eigenvalue weighted by Gasteiger charge is 2.12. The Morgan fingerprint density at radius 2 is 2.14 bits per heavy atom. The summed E-state index contributed by atoms with van der Waals surface area (Å²) in [6.07, 6.45) is 5.85. The summed E-state index contributed by atoms with van der Waals surface area (Å²) in [6.45, 7) is 4.36. The van der Waals surface area contributed by atoms with Crippen LogP contribution < -0.4 is 5.73 Å². The minimum Gasteiger partial charge on any atom is -0.409 e. The van der Waals surface area contributed by atoms with E-state index in [1.807, 2.05) is 6.92 Å². The van der Waals surface area contributed by atoms with Gasteiger partial charge in [-0.3, -0.25) is 0 Å². The van der Waals surface area contributed by atoms with Crippen molar-refractivity contribution in [3.63, 3.8) is 0 Å². The Morgan fingerprint density at radius 3 is 2.81 bits per heavy atom. The minimum atomic E-state index is -0.494. The summed E-state index contributed by atoms with van der Waals surface area (Å²) in [5.74, 6) is -0.729. The first-order chi connectivity index (χ1) is 10.1. The number of halogens is 1. The Morgan fingerprint density at radius 1 is 1.38 bits per heavy atom. The number of benzene rings is 1. The average Bonchev–Trinajstić information content (AvgIpc) is 2.50. The molecule has 0 amide bonds. The molecule has 1 aromatic carbocycles. The van der Waals surface area contributed by atoms with Crippen LogP contribution in [0.1, 0.15) is 57.1 Å². The van der Waals surface area contributed by atoms with Crippen LogP contribution in [0.25, 0.3) is 0 Å². The summed E-state index contributed by atoms with van der Waals surface area (Å²) in [5.41, 5.74) is 5.94. The highest BCUT2D eigenvalue weighted by atomic mass is 19.1. The number of rotatable bonds is 9. The van der Waals surface area contributed by atoms with Crippen LogP contribution in [0.3, 0.4) is 0 Å². The molecule has 0 aliphatic rings. The molecule has 118 valence electrons. The van der Waals surface area contributed by atoms with Crippen LogP contribution in [0.2, 0.25) is 0 Å². The van der Waals surface area contributed by atoms with Gasteiger partial charge in [-0.2, -0.15) is 0 Å². The number of hydrogen-bond acceptors (Lipinski definition) is 3. The molecule has 0 saturated heterocycles. The summed E-state index contributed by atoms with van der Waals surface area (Å²) in [7, 11) is 0. The van der Waals surface area contributed by atoms with Gasteiger partial charge in [-0.25, -0.2) is 4.39 Å². The number of ether oxygens (including phenoxy) is 1. The number of hydrogen-bond donors (Lipinski definition) is 2. The van der Waals surface area contributed by atoms with Crippen molar-refractivity contribution in [3.8, 4) is 0 Å². The molecule has 0 spiro atoms. The lowest BCUT2D eigenvalue weighted by Gasteiger charge is -2.14. The minimum absolute atomic E-state index is 0.0915. The van der Waals surface area contributed by atoms with Crippen LogP contribution in [0.5, 0.6) is 0 Å². The normalized spacial score (nSPS) is 13.4. The maximum absolute atomic E-state index is 14.2. The molecule has 1 aromatic rings. The fourth-order valence-electron chi connectivity index (χ4n) is 2.12. The molecular weight excluding hydrogens is 271 g/mol. The van der Waals surface area contributed by atoms with Crippen molar-refractivity contribution >= 4 is 5.84 Å². The molecule has 0 heterocycles. The van der Waals surface area contributed by atoms with Crippen molar-refractivity contribution in [2.24, 2.45) is 10.9 Å². The molecule has 1 unspecified atom stereocenters. The van der Waals surface area contributed by atoms with Crippen LogP contribution in [-0.2, 0) is 11.3 Å². The molecule has 0 aliphatic heterocycles. The van der Waals surface area contributed by atoms with Gasteiger partial charge < -0.3 is 15.7 Å². The van der Waals surface area contributed by atoms with Gasteiger partial charge in [0.05, 0.1) is 18.3 Å². The van der Waals surface area contributed by atoms with Gasteiger partial charge in [0.15, 0.2) is 5.84 Å². The van der Waals surface area contributed by atoms with Crippen LogP contribution >= 0.6 is 0 Å². The van der Waals surface area contributed by atoms with Gasteiger partial charge in [0.1, 0.15) is 5.82 Å². The predicted molar refractivity (Wildman–Crippen MR) is 81.9 cm³/mol. The predicted octanol–water partition coefficient (Wildman–Crippen LogP) is 3.80. The molecule has 0 aromatic heterocycles. The van der Waals surface area contributed by atoms with Crippen LogP contribution in [-0.4, -0.2) is 17.1 Å². The highest BCUT2D eigenvalue weighted by Crippen LogP contribution is 2.16. The third kappa shape index (κ3) is 5.71. The second kappa shape index (κ2) is 9.34. The lowest BCUT2D eigenvalue weighted by atomic mass is 10.1. The van der Waals surface area contributed by atoms with Crippen LogP contribution in [0.4, 0.5) is 4.39 Å². The van der Waals surface area contributed by atoms with Crippen molar-refractivity contribution in [2.75, 3.05) is 0 Å². The Labute approximate surface area is 125 Å². The molecule has 1 atom stereocenters. The van der Waals surface area contributed by atoms with Crippen molar-refractivity contribution in [2.45, 2.75) is 58.7 Å². The van der Waals surface area contributed by atoms with E-state index in [4.69, 9.17) is 15.7 Å². The summed E-state index contributed by atoms with van der Waals surface area (Å²) in [6, 6.07) is 4.79. The number of nitrogens with two attached hydrogens (primary N) is 1. The van der Waals surface area contributed by atoms with E-state index in [0.717, 1.165) is 12.8 Å². The molecule has 5 heteroatoms. The first-order valence-corrected chi connectivity index (χ1v) is 7.47. The van der Waals surface area contributed by atoms with Gasteiger partial charge in [-0.05, 0) is 19.4 Å². The largest absolute Gasteiger partial charge is 0.409 e. The van der Waals surface area contributed by atoms with E-state index in [1.165, 1.54) is 25.3 Å². The third-order valence-corrected chi connectivity index (χ3v) is 3.45. The van der Waals surface area contributed by atoms with Gasteiger partial charge in [-0.15, -0.1) is 0 Å². The molecule has 21 heavy (non-hydrogen) atoms. The lowest BCUT2D eigenvalue weighted by molar-refractivity contribution is 0.0443. The lowest BCUT2D eigenvalue weighted by Crippen LogP contribution is -2.16. The molecule has 1 rings (SSSR count). The van der Waals surface area contributed by atoms with Gasteiger partial charge in [-0.1, -0.05) is 49.9 Å². The average molecular weight is 296 g/mol. The molecule has 3 N–H and O–H groups in total. The Balaban J connectivity index is 2.52.